The van der Waals surface area contributed by atoms with Crippen LogP contribution in [0, 0.1) is 5.92 Å². The number of tetrazole rings is 1. The third kappa shape index (κ3) is 4.05. The van der Waals surface area contributed by atoms with E-state index in [1.807, 2.05) is 0 Å². The number of hydrogen-bond donors (Lipinski definition) is 1. The maximum Gasteiger partial charge on any atom is 0.303 e. The molecule has 0 unspecified atom stereocenters. The fraction of sp³-hybridized carbons (Fsp3) is 0.778. The lowest BCUT2D eigenvalue weighted by Crippen LogP contribution is -2.09. The van der Waals surface area contributed by atoms with Crippen LogP contribution in [0.5, 0.6) is 0 Å². The zero-order chi connectivity index (χ0) is 11.3. The van der Waals surface area contributed by atoms with Gasteiger partial charge in [-0.3, -0.25) is 4.79 Å². The van der Waals surface area contributed by atoms with E-state index >= 15 is 0 Å². The van der Waals surface area contributed by atoms with Crippen LogP contribution in [0.1, 0.15) is 32.5 Å². The molecule has 84 valence electrons. The van der Waals surface area contributed by atoms with E-state index in [1.165, 1.54) is 0 Å². The summed E-state index contributed by atoms with van der Waals surface area (Å²) in [5.74, 6) is 0.540. The minimum absolute atomic E-state index is 0.154. The number of aryl methyl sites for hydroxylation is 1. The second-order valence-corrected chi connectivity index (χ2v) is 3.91. The van der Waals surface area contributed by atoms with Crippen LogP contribution in [0.25, 0.3) is 0 Å². The van der Waals surface area contributed by atoms with E-state index in [4.69, 9.17) is 5.11 Å². The summed E-state index contributed by atoms with van der Waals surface area (Å²) in [6, 6.07) is 0. The van der Waals surface area contributed by atoms with Gasteiger partial charge in [-0.25, -0.2) is 4.68 Å². The summed E-state index contributed by atoms with van der Waals surface area (Å²) in [6.45, 7) is 4.76. The molecular weight excluding hydrogens is 196 g/mol. The molecule has 0 radical (unpaired) electrons. The second kappa shape index (κ2) is 5.43. The van der Waals surface area contributed by atoms with Gasteiger partial charge in [-0.1, -0.05) is 13.8 Å². The number of rotatable bonds is 6. The third-order valence-electron chi connectivity index (χ3n) is 1.96. The lowest BCUT2D eigenvalue weighted by Gasteiger charge is -2.05. The molecule has 0 aliphatic rings. The first-order chi connectivity index (χ1) is 7.09. The number of carboxylic acids is 1. The largest absolute Gasteiger partial charge is 0.481 e. The molecule has 6 nitrogen and oxygen atoms in total. The van der Waals surface area contributed by atoms with Crippen LogP contribution in [0.3, 0.4) is 0 Å². The monoisotopic (exact) mass is 212 g/mol. The van der Waals surface area contributed by atoms with Crippen LogP contribution in [0.4, 0.5) is 0 Å². The van der Waals surface area contributed by atoms with Gasteiger partial charge in [0.05, 0.1) is 0 Å². The molecule has 0 fully saturated rings. The number of aliphatic carboxylic acids is 1. The van der Waals surface area contributed by atoms with E-state index in [9.17, 15) is 4.79 Å². The Balaban J connectivity index is 2.46. The average Bonchev–Trinajstić information content (AvgIpc) is 2.51. The predicted octanol–water partition coefficient (Wildman–Crippen LogP) is 0.736. The molecule has 15 heavy (non-hydrogen) atoms. The molecular formula is C9H16N4O2. The minimum atomic E-state index is -0.784. The molecule has 0 atom stereocenters. The van der Waals surface area contributed by atoms with Gasteiger partial charge in [0, 0.05) is 19.4 Å². The Morgan fingerprint density at radius 1 is 1.53 bits per heavy atom. The zero-order valence-corrected chi connectivity index (χ0v) is 9.05. The van der Waals surface area contributed by atoms with Crippen molar-refractivity contribution in [3.8, 4) is 0 Å². The molecule has 0 spiro atoms. The topological polar surface area (TPSA) is 80.9 Å². The molecule has 0 aliphatic heterocycles. The van der Waals surface area contributed by atoms with Gasteiger partial charge in [-0.05, 0) is 22.8 Å². The summed E-state index contributed by atoms with van der Waals surface area (Å²) in [5, 5.41) is 19.8. The van der Waals surface area contributed by atoms with Crippen molar-refractivity contribution in [2.75, 3.05) is 0 Å². The fourth-order valence-corrected chi connectivity index (χ4v) is 1.29. The van der Waals surface area contributed by atoms with Gasteiger partial charge < -0.3 is 5.11 Å². The first kappa shape index (κ1) is 11.6. The van der Waals surface area contributed by atoms with E-state index in [2.05, 4.69) is 29.4 Å². The minimum Gasteiger partial charge on any atom is -0.481 e. The summed E-state index contributed by atoms with van der Waals surface area (Å²) < 4.78 is 1.68. The first-order valence-electron chi connectivity index (χ1n) is 5.06. The van der Waals surface area contributed by atoms with Crippen LogP contribution in [-0.2, 0) is 17.8 Å². The first-order valence-corrected chi connectivity index (χ1v) is 5.06. The molecule has 0 aliphatic carbocycles. The molecule has 1 N–H and O–H groups in total. The number of carboxylic acid groups (broad SMARTS) is 1. The van der Waals surface area contributed by atoms with Crippen LogP contribution >= 0.6 is 0 Å². The highest BCUT2D eigenvalue weighted by atomic mass is 16.4. The van der Waals surface area contributed by atoms with Gasteiger partial charge in [0.1, 0.15) is 0 Å². The quantitative estimate of drug-likeness (QED) is 0.752. The van der Waals surface area contributed by atoms with E-state index in [1.54, 1.807) is 4.68 Å². The SMILES string of the molecule is CC(C)Cc1nnnn1CCCC(=O)O. The van der Waals surface area contributed by atoms with E-state index < -0.39 is 5.97 Å². The maximum absolute atomic E-state index is 10.3. The summed E-state index contributed by atoms with van der Waals surface area (Å²) >= 11 is 0. The van der Waals surface area contributed by atoms with Crippen molar-refractivity contribution in [3.05, 3.63) is 5.82 Å². The summed E-state index contributed by atoms with van der Waals surface area (Å²) in [4.78, 5) is 10.3. The standard InChI is InChI=1S/C9H16N4O2/c1-7(2)6-8-10-11-12-13(8)5-3-4-9(14)15/h7H,3-6H2,1-2H3,(H,14,15). The van der Waals surface area contributed by atoms with Crippen LogP contribution < -0.4 is 0 Å². The van der Waals surface area contributed by atoms with Crippen molar-refractivity contribution in [3.63, 3.8) is 0 Å². The molecule has 1 aromatic heterocycles. The number of carbonyl (C=O) groups is 1. The highest BCUT2D eigenvalue weighted by Crippen LogP contribution is 2.04. The highest BCUT2D eigenvalue weighted by molar-refractivity contribution is 5.66. The number of nitrogens with zero attached hydrogens (tertiary/aromatic N) is 4. The lowest BCUT2D eigenvalue weighted by atomic mass is 10.1. The molecule has 0 saturated heterocycles. The van der Waals surface area contributed by atoms with Crippen LogP contribution in [0.15, 0.2) is 0 Å². The average molecular weight is 212 g/mol. The third-order valence-corrected chi connectivity index (χ3v) is 1.96. The zero-order valence-electron chi connectivity index (χ0n) is 9.05. The van der Waals surface area contributed by atoms with Gasteiger partial charge in [0.2, 0.25) is 0 Å². The van der Waals surface area contributed by atoms with E-state index in [-0.39, 0.29) is 6.42 Å². The molecule has 0 bridgehead atoms. The van der Waals surface area contributed by atoms with Crippen molar-refractivity contribution in [2.24, 2.45) is 5.92 Å². The molecule has 1 rings (SSSR count). The summed E-state index contributed by atoms with van der Waals surface area (Å²) in [7, 11) is 0. The second-order valence-electron chi connectivity index (χ2n) is 3.91. The van der Waals surface area contributed by atoms with Crippen LogP contribution in [0.2, 0.25) is 0 Å². The van der Waals surface area contributed by atoms with Gasteiger partial charge in [0.25, 0.3) is 0 Å². The van der Waals surface area contributed by atoms with Crippen molar-refractivity contribution in [1.82, 2.24) is 20.2 Å². The van der Waals surface area contributed by atoms with Crippen molar-refractivity contribution >= 4 is 5.97 Å². The smallest absolute Gasteiger partial charge is 0.303 e. The van der Waals surface area contributed by atoms with E-state index in [0.717, 1.165) is 12.2 Å². The van der Waals surface area contributed by atoms with Crippen molar-refractivity contribution in [1.29, 1.82) is 0 Å². The molecule has 1 aromatic rings. The molecule has 0 saturated carbocycles. The van der Waals surface area contributed by atoms with Gasteiger partial charge in [-0.2, -0.15) is 0 Å². The fourth-order valence-electron chi connectivity index (χ4n) is 1.29. The van der Waals surface area contributed by atoms with Gasteiger partial charge >= 0.3 is 5.97 Å². The predicted molar refractivity (Wildman–Crippen MR) is 53.2 cm³/mol. The Bertz CT molecular complexity index is 322. The van der Waals surface area contributed by atoms with E-state index in [0.29, 0.717) is 18.9 Å². The number of hydrogen-bond acceptors (Lipinski definition) is 4. The Morgan fingerprint density at radius 3 is 2.87 bits per heavy atom. The highest BCUT2D eigenvalue weighted by Gasteiger charge is 2.08. The molecule has 1 heterocycles. The summed E-state index contributed by atoms with van der Waals surface area (Å²) in [5.41, 5.74) is 0. The normalized spacial score (nSPS) is 10.9. The van der Waals surface area contributed by atoms with Crippen LogP contribution in [-0.4, -0.2) is 31.3 Å². The Hall–Kier alpha value is -1.46. The van der Waals surface area contributed by atoms with Gasteiger partial charge in [-0.15, -0.1) is 5.10 Å². The van der Waals surface area contributed by atoms with Crippen molar-refractivity contribution < 1.29 is 9.90 Å². The lowest BCUT2D eigenvalue weighted by molar-refractivity contribution is -0.137. The Kier molecular flexibility index (Phi) is 4.20. The van der Waals surface area contributed by atoms with Gasteiger partial charge in [0.15, 0.2) is 5.82 Å². The summed E-state index contributed by atoms with van der Waals surface area (Å²) in [6.07, 6.45) is 1.53. The van der Waals surface area contributed by atoms with Crippen molar-refractivity contribution in [2.45, 2.75) is 39.7 Å². The molecule has 0 aromatic carbocycles. The Morgan fingerprint density at radius 2 is 2.27 bits per heavy atom. The maximum atomic E-state index is 10.3. The Labute approximate surface area is 88.3 Å². The molecule has 0 amide bonds. The molecule has 6 heteroatoms. The number of aromatic nitrogens is 4.